The molecule has 0 aliphatic carbocycles. The first-order chi connectivity index (χ1) is 15.7. The van der Waals surface area contributed by atoms with Gasteiger partial charge in [0.05, 0.1) is 11.4 Å². The Morgan fingerprint density at radius 2 is 1.67 bits per heavy atom. The highest BCUT2D eigenvalue weighted by molar-refractivity contribution is 7.79. The summed E-state index contributed by atoms with van der Waals surface area (Å²) in [5.41, 5.74) is -0.648. The number of carbonyl (C=O) groups is 1. The van der Waals surface area contributed by atoms with Crippen LogP contribution in [-0.4, -0.2) is 37.2 Å². The topological polar surface area (TPSA) is 74.6 Å². The fourth-order valence-electron chi connectivity index (χ4n) is 4.58. The lowest BCUT2D eigenvalue weighted by Crippen LogP contribution is -2.50. The molecular formula is C23H18F3N2O4S-. The summed E-state index contributed by atoms with van der Waals surface area (Å²) in [6, 6.07) is 14.8. The highest BCUT2D eigenvalue weighted by atomic mass is 32.2. The molecule has 1 saturated heterocycles. The molecule has 0 saturated carbocycles. The highest BCUT2D eigenvalue weighted by Gasteiger charge is 2.48. The Morgan fingerprint density at radius 3 is 2.30 bits per heavy atom. The molecule has 1 atom stereocenters. The SMILES string of the molecule is O=C(c1ccc(S(=O)[O-])cc1)N1CCC2(CC1)Oc1ccccc1-n1c(C(F)(F)F)ccc12. The molecule has 1 fully saturated rings. The van der Waals surface area contributed by atoms with Gasteiger partial charge in [-0.05, 0) is 59.6 Å². The van der Waals surface area contributed by atoms with Crippen LogP contribution in [0.4, 0.5) is 13.2 Å². The van der Waals surface area contributed by atoms with Gasteiger partial charge in [0.2, 0.25) is 0 Å². The second kappa shape index (κ2) is 7.74. The van der Waals surface area contributed by atoms with E-state index >= 15 is 0 Å². The van der Waals surface area contributed by atoms with Crippen LogP contribution >= 0.6 is 0 Å². The van der Waals surface area contributed by atoms with Gasteiger partial charge in [0.15, 0.2) is 5.60 Å². The summed E-state index contributed by atoms with van der Waals surface area (Å²) in [5.74, 6) is 0.100. The number of ether oxygens (including phenoxy) is 1. The Bertz CT molecular complexity index is 1250. The minimum Gasteiger partial charge on any atom is -0.768 e. The van der Waals surface area contributed by atoms with Crippen molar-refractivity contribution in [2.24, 2.45) is 0 Å². The van der Waals surface area contributed by atoms with Crippen LogP contribution in [0, 0.1) is 0 Å². The standard InChI is InChI=1S/C23H19F3N2O4S/c24-23(25,26)20-10-9-19-22(32-18-4-2-1-3-17(18)28(19)20)11-13-27(14-12-22)21(29)15-5-7-16(8-6-15)33(30)31/h1-10H,11-14H2,(H,30,31)/p-1. The van der Waals surface area contributed by atoms with E-state index in [-0.39, 0.29) is 23.9 Å². The maximum atomic E-state index is 13.7. The van der Waals surface area contributed by atoms with Gasteiger partial charge >= 0.3 is 6.18 Å². The largest absolute Gasteiger partial charge is 0.768 e. The number of alkyl halides is 3. The predicted octanol–water partition coefficient (Wildman–Crippen LogP) is 4.26. The zero-order valence-electron chi connectivity index (χ0n) is 17.2. The first kappa shape index (κ1) is 21.7. The van der Waals surface area contributed by atoms with Crippen molar-refractivity contribution >= 4 is 17.0 Å². The molecule has 172 valence electrons. The van der Waals surface area contributed by atoms with Crippen molar-refractivity contribution < 1.29 is 31.5 Å². The molecule has 1 aromatic heterocycles. The molecule has 6 nitrogen and oxygen atoms in total. The van der Waals surface area contributed by atoms with Gasteiger partial charge in [-0.1, -0.05) is 12.1 Å². The lowest BCUT2D eigenvalue weighted by atomic mass is 9.86. The number of piperidine rings is 1. The molecule has 10 heteroatoms. The van der Waals surface area contributed by atoms with Crippen LogP contribution in [0.5, 0.6) is 5.75 Å². The average molecular weight is 475 g/mol. The van der Waals surface area contributed by atoms with E-state index in [9.17, 15) is 26.7 Å². The third kappa shape index (κ3) is 3.63. The molecule has 0 N–H and O–H groups in total. The van der Waals surface area contributed by atoms with E-state index in [1.807, 2.05) is 0 Å². The molecule has 3 aromatic rings. The predicted molar refractivity (Wildman–Crippen MR) is 112 cm³/mol. The Hall–Kier alpha value is -3.11. The number of hydrogen-bond donors (Lipinski definition) is 0. The van der Waals surface area contributed by atoms with Crippen LogP contribution in [0.15, 0.2) is 65.6 Å². The molecule has 2 aliphatic heterocycles. The van der Waals surface area contributed by atoms with Gasteiger partial charge in [0.1, 0.15) is 11.4 Å². The van der Waals surface area contributed by atoms with Crippen molar-refractivity contribution in [3.63, 3.8) is 0 Å². The minimum absolute atomic E-state index is 0.0830. The third-order valence-electron chi connectivity index (χ3n) is 6.20. The quantitative estimate of drug-likeness (QED) is 0.519. The van der Waals surface area contributed by atoms with Gasteiger partial charge in [-0.3, -0.25) is 9.00 Å². The molecule has 2 aromatic carbocycles. The number of fused-ring (bicyclic) bond motifs is 4. The summed E-state index contributed by atoms with van der Waals surface area (Å²) in [7, 11) is 0. The van der Waals surface area contributed by atoms with Crippen molar-refractivity contribution in [1.82, 2.24) is 9.47 Å². The van der Waals surface area contributed by atoms with Gasteiger partial charge in [0, 0.05) is 36.4 Å². The summed E-state index contributed by atoms with van der Waals surface area (Å²) in [5, 5.41) is 0. The number of likely N-dealkylation sites (tertiary alicyclic amines) is 1. The molecule has 1 amide bonds. The van der Waals surface area contributed by atoms with Gasteiger partial charge < -0.3 is 18.8 Å². The molecule has 2 aliphatic rings. The smallest absolute Gasteiger partial charge is 0.431 e. The van der Waals surface area contributed by atoms with Crippen LogP contribution in [-0.2, 0) is 22.9 Å². The Balaban J connectivity index is 1.44. The summed E-state index contributed by atoms with van der Waals surface area (Å²) >= 11 is -2.38. The number of nitrogens with zero attached hydrogens (tertiary/aromatic N) is 2. The highest BCUT2D eigenvalue weighted by Crippen LogP contribution is 2.48. The Kier molecular flexibility index (Phi) is 5.09. The normalized spacial score (nSPS) is 17.8. The van der Waals surface area contributed by atoms with Crippen molar-refractivity contribution in [2.75, 3.05) is 13.1 Å². The van der Waals surface area contributed by atoms with E-state index in [1.54, 1.807) is 29.2 Å². The number of amides is 1. The number of rotatable bonds is 2. The number of benzene rings is 2. The maximum Gasteiger partial charge on any atom is 0.431 e. The minimum atomic E-state index is -4.53. The van der Waals surface area contributed by atoms with Gasteiger partial charge in [0.25, 0.3) is 5.91 Å². The monoisotopic (exact) mass is 475 g/mol. The molecule has 5 rings (SSSR count). The summed E-state index contributed by atoms with van der Waals surface area (Å²) in [4.78, 5) is 14.6. The van der Waals surface area contributed by atoms with E-state index in [1.165, 1.54) is 34.9 Å². The summed E-state index contributed by atoms with van der Waals surface area (Å²) in [6.45, 7) is 0.561. The van der Waals surface area contributed by atoms with Crippen molar-refractivity contribution in [3.05, 3.63) is 77.6 Å². The van der Waals surface area contributed by atoms with E-state index in [0.717, 1.165) is 6.07 Å². The lowest BCUT2D eigenvalue weighted by molar-refractivity contribution is -0.143. The van der Waals surface area contributed by atoms with Gasteiger partial charge in [-0.15, -0.1) is 0 Å². The van der Waals surface area contributed by atoms with Crippen LogP contribution in [0.3, 0.4) is 0 Å². The summed E-state index contributed by atoms with van der Waals surface area (Å²) < 4.78 is 70.8. The molecule has 1 unspecified atom stereocenters. The first-order valence-corrected chi connectivity index (χ1v) is 11.3. The third-order valence-corrected chi connectivity index (χ3v) is 6.86. The molecule has 33 heavy (non-hydrogen) atoms. The fourth-order valence-corrected chi connectivity index (χ4v) is 4.94. The zero-order valence-corrected chi connectivity index (χ0v) is 18.0. The number of para-hydroxylation sites is 2. The van der Waals surface area contributed by atoms with E-state index in [2.05, 4.69) is 0 Å². The van der Waals surface area contributed by atoms with Crippen LogP contribution < -0.4 is 4.74 Å². The van der Waals surface area contributed by atoms with Gasteiger partial charge in [-0.2, -0.15) is 13.2 Å². The van der Waals surface area contributed by atoms with Gasteiger partial charge in [-0.25, -0.2) is 0 Å². The average Bonchev–Trinajstić information content (AvgIpc) is 3.27. The van der Waals surface area contributed by atoms with Crippen molar-refractivity contribution in [2.45, 2.75) is 29.5 Å². The number of hydrogen-bond acceptors (Lipinski definition) is 4. The molecule has 1 spiro atoms. The summed E-state index contributed by atoms with van der Waals surface area (Å²) in [6.07, 6.45) is -3.89. The van der Waals surface area contributed by atoms with Crippen LogP contribution in [0.25, 0.3) is 5.69 Å². The molecule has 0 bridgehead atoms. The first-order valence-electron chi connectivity index (χ1n) is 10.3. The van der Waals surface area contributed by atoms with Crippen molar-refractivity contribution in [1.29, 1.82) is 0 Å². The molecule has 3 heterocycles. The Morgan fingerprint density at radius 1 is 1.00 bits per heavy atom. The maximum absolute atomic E-state index is 13.7. The molecule has 0 radical (unpaired) electrons. The zero-order chi connectivity index (χ0) is 23.4. The van der Waals surface area contributed by atoms with Crippen LogP contribution in [0.2, 0.25) is 0 Å². The molecular weight excluding hydrogens is 457 g/mol. The van der Waals surface area contributed by atoms with Crippen molar-refractivity contribution in [3.8, 4) is 11.4 Å². The Labute approximate surface area is 189 Å². The second-order valence-electron chi connectivity index (χ2n) is 8.05. The fraction of sp³-hybridized carbons (Fsp3) is 0.261. The number of halogens is 3. The van der Waals surface area contributed by atoms with Crippen LogP contribution in [0.1, 0.15) is 34.6 Å². The second-order valence-corrected chi connectivity index (χ2v) is 8.99. The van der Waals surface area contributed by atoms with E-state index < -0.39 is 28.6 Å². The lowest BCUT2D eigenvalue weighted by Gasteiger charge is -2.45. The van der Waals surface area contributed by atoms with E-state index in [0.29, 0.717) is 35.5 Å². The number of aromatic nitrogens is 1. The number of carbonyl (C=O) groups excluding carboxylic acids is 1. The van der Waals surface area contributed by atoms with E-state index in [4.69, 9.17) is 4.74 Å².